The van der Waals surface area contributed by atoms with Crippen molar-refractivity contribution in [2.24, 2.45) is 0 Å². The zero-order valence-corrected chi connectivity index (χ0v) is 10.7. The van der Waals surface area contributed by atoms with Gasteiger partial charge in [0.05, 0.1) is 5.56 Å². The molecule has 0 atom stereocenters. The number of nitrogen functional groups attached to an aromatic ring is 1. The van der Waals surface area contributed by atoms with Crippen LogP contribution in [0.4, 0.5) is 18.9 Å². The molecule has 0 saturated carbocycles. The molecule has 0 amide bonds. The Morgan fingerprint density at radius 2 is 1.40 bits per heavy atom. The first-order chi connectivity index (χ1) is 9.48. The van der Waals surface area contributed by atoms with Crippen molar-refractivity contribution in [3.05, 3.63) is 65.2 Å². The van der Waals surface area contributed by atoms with E-state index in [1.807, 2.05) is 18.2 Å². The molecule has 2 rings (SSSR count). The van der Waals surface area contributed by atoms with Crippen LogP contribution in [0.25, 0.3) is 0 Å². The molecule has 0 spiro atoms. The van der Waals surface area contributed by atoms with E-state index in [-0.39, 0.29) is 12.1 Å². The highest BCUT2D eigenvalue weighted by atomic mass is 19.4. The van der Waals surface area contributed by atoms with E-state index in [1.54, 1.807) is 12.1 Å². The first kappa shape index (κ1) is 14.4. The minimum atomic E-state index is -4.33. The number of hydrogen-bond donors (Lipinski definition) is 2. The summed E-state index contributed by atoms with van der Waals surface area (Å²) in [5, 5.41) is 2.99. The third-order valence-corrected chi connectivity index (χ3v) is 3.01. The van der Waals surface area contributed by atoms with E-state index >= 15 is 0 Å². The Balaban J connectivity index is 2.04. The van der Waals surface area contributed by atoms with Gasteiger partial charge < -0.3 is 11.1 Å². The molecule has 0 aromatic heterocycles. The number of nitrogens with two attached hydrogens (primary N) is 1. The Hall–Kier alpha value is -2.01. The molecule has 0 aliphatic rings. The molecule has 3 N–H and O–H groups in total. The summed E-state index contributed by atoms with van der Waals surface area (Å²) in [7, 11) is 0. The molecule has 2 aromatic rings. The van der Waals surface area contributed by atoms with E-state index in [1.165, 1.54) is 12.1 Å². The minimum absolute atomic E-state index is 0.143. The fraction of sp³-hybridized carbons (Fsp3) is 0.200. The lowest BCUT2D eigenvalue weighted by molar-refractivity contribution is -0.138. The van der Waals surface area contributed by atoms with Gasteiger partial charge in [-0.25, -0.2) is 0 Å². The van der Waals surface area contributed by atoms with Crippen molar-refractivity contribution in [2.45, 2.75) is 19.3 Å². The molecule has 0 heterocycles. The highest BCUT2D eigenvalue weighted by molar-refractivity contribution is 5.46. The molecule has 0 aliphatic carbocycles. The maximum Gasteiger partial charge on any atom is 0.416 e. The molecule has 5 heteroatoms. The summed E-state index contributed by atoms with van der Waals surface area (Å²) in [6, 6.07) is 12.8. The largest absolute Gasteiger partial charge is 0.416 e. The second-order valence-corrected chi connectivity index (χ2v) is 4.46. The summed E-state index contributed by atoms with van der Waals surface area (Å²) in [6.45, 7) is 0.572. The number of hydrogen-bond acceptors (Lipinski definition) is 2. The first-order valence-corrected chi connectivity index (χ1v) is 6.17. The zero-order valence-electron chi connectivity index (χ0n) is 10.7. The van der Waals surface area contributed by atoms with Gasteiger partial charge in [0, 0.05) is 18.8 Å². The summed E-state index contributed by atoms with van der Waals surface area (Å²) in [5.41, 5.74) is 6.91. The van der Waals surface area contributed by atoms with Gasteiger partial charge in [-0.2, -0.15) is 13.2 Å². The van der Waals surface area contributed by atoms with Crippen LogP contribution in [0.15, 0.2) is 48.5 Å². The van der Waals surface area contributed by atoms with Crippen molar-refractivity contribution >= 4 is 5.69 Å². The van der Waals surface area contributed by atoms with E-state index < -0.39 is 11.7 Å². The molecule has 2 aromatic carbocycles. The molecule has 106 valence electrons. The Morgan fingerprint density at radius 1 is 0.850 bits per heavy atom. The van der Waals surface area contributed by atoms with E-state index in [0.29, 0.717) is 12.2 Å². The smallest absolute Gasteiger partial charge is 0.398 e. The Kier molecular flexibility index (Phi) is 4.29. The van der Waals surface area contributed by atoms with E-state index in [4.69, 9.17) is 5.73 Å². The van der Waals surface area contributed by atoms with Gasteiger partial charge in [0.2, 0.25) is 0 Å². The van der Waals surface area contributed by atoms with Gasteiger partial charge in [-0.1, -0.05) is 36.4 Å². The quantitative estimate of drug-likeness (QED) is 0.840. The van der Waals surface area contributed by atoms with Crippen LogP contribution in [-0.2, 0) is 19.3 Å². The SMILES string of the molecule is Nc1ccccc1CNCc1ccccc1C(F)(F)F. The van der Waals surface area contributed by atoms with Gasteiger partial charge in [-0.3, -0.25) is 0 Å². The molecule has 20 heavy (non-hydrogen) atoms. The number of anilines is 1. The first-order valence-electron chi connectivity index (χ1n) is 6.17. The summed E-state index contributed by atoms with van der Waals surface area (Å²) >= 11 is 0. The third kappa shape index (κ3) is 3.51. The average Bonchev–Trinajstić information content (AvgIpc) is 2.40. The Morgan fingerprint density at radius 3 is 2.05 bits per heavy atom. The van der Waals surface area contributed by atoms with Gasteiger partial charge >= 0.3 is 6.18 Å². The second kappa shape index (κ2) is 5.96. The monoisotopic (exact) mass is 280 g/mol. The van der Waals surface area contributed by atoms with Crippen LogP contribution >= 0.6 is 0 Å². The van der Waals surface area contributed by atoms with Gasteiger partial charge in [0.15, 0.2) is 0 Å². The molecular formula is C15H15F3N2. The topological polar surface area (TPSA) is 38.0 Å². The predicted molar refractivity (Wildman–Crippen MR) is 72.8 cm³/mol. The van der Waals surface area contributed by atoms with Crippen LogP contribution in [0.1, 0.15) is 16.7 Å². The lowest BCUT2D eigenvalue weighted by atomic mass is 10.1. The molecular weight excluding hydrogens is 265 g/mol. The maximum atomic E-state index is 12.8. The summed E-state index contributed by atoms with van der Waals surface area (Å²) < 4.78 is 38.4. The van der Waals surface area contributed by atoms with Gasteiger partial charge in [-0.05, 0) is 23.3 Å². The highest BCUT2D eigenvalue weighted by Gasteiger charge is 2.32. The zero-order chi connectivity index (χ0) is 14.6. The number of halogens is 3. The molecule has 0 radical (unpaired) electrons. The number of rotatable bonds is 4. The minimum Gasteiger partial charge on any atom is -0.398 e. The van der Waals surface area contributed by atoms with Crippen LogP contribution in [-0.4, -0.2) is 0 Å². The standard InChI is InChI=1S/C15H15F3N2/c16-15(17,18)13-7-3-1-5-11(13)9-20-10-12-6-2-4-8-14(12)19/h1-8,20H,9-10,19H2. The fourth-order valence-corrected chi connectivity index (χ4v) is 1.98. The number of para-hydroxylation sites is 1. The van der Waals surface area contributed by atoms with E-state index in [0.717, 1.165) is 11.6 Å². The Bertz CT molecular complexity index is 579. The van der Waals surface area contributed by atoms with Crippen molar-refractivity contribution in [1.29, 1.82) is 0 Å². The second-order valence-electron chi connectivity index (χ2n) is 4.46. The summed E-state index contributed by atoms with van der Waals surface area (Å²) in [6.07, 6.45) is -4.33. The van der Waals surface area contributed by atoms with Crippen molar-refractivity contribution in [1.82, 2.24) is 5.32 Å². The van der Waals surface area contributed by atoms with Gasteiger partial charge in [0.25, 0.3) is 0 Å². The average molecular weight is 280 g/mol. The summed E-state index contributed by atoms with van der Waals surface area (Å²) in [5.74, 6) is 0. The third-order valence-electron chi connectivity index (χ3n) is 3.01. The molecule has 0 bridgehead atoms. The fourth-order valence-electron chi connectivity index (χ4n) is 1.98. The van der Waals surface area contributed by atoms with E-state index in [9.17, 15) is 13.2 Å². The van der Waals surface area contributed by atoms with Crippen molar-refractivity contribution in [3.8, 4) is 0 Å². The van der Waals surface area contributed by atoms with E-state index in [2.05, 4.69) is 5.32 Å². The maximum absolute atomic E-state index is 12.8. The van der Waals surface area contributed by atoms with Crippen molar-refractivity contribution in [3.63, 3.8) is 0 Å². The van der Waals surface area contributed by atoms with Crippen LogP contribution in [0.5, 0.6) is 0 Å². The lowest BCUT2D eigenvalue weighted by Gasteiger charge is -2.13. The summed E-state index contributed by atoms with van der Waals surface area (Å²) in [4.78, 5) is 0. The molecule has 0 aliphatic heterocycles. The number of benzene rings is 2. The van der Waals surface area contributed by atoms with Crippen molar-refractivity contribution in [2.75, 3.05) is 5.73 Å². The van der Waals surface area contributed by atoms with Crippen LogP contribution in [0, 0.1) is 0 Å². The van der Waals surface area contributed by atoms with Crippen LogP contribution in [0.3, 0.4) is 0 Å². The number of nitrogens with one attached hydrogen (secondary N) is 1. The normalized spacial score (nSPS) is 11.6. The molecule has 0 saturated heterocycles. The van der Waals surface area contributed by atoms with Crippen LogP contribution < -0.4 is 11.1 Å². The molecule has 0 unspecified atom stereocenters. The molecule has 0 fully saturated rings. The Labute approximate surface area is 115 Å². The van der Waals surface area contributed by atoms with Gasteiger partial charge in [-0.15, -0.1) is 0 Å². The predicted octanol–water partition coefficient (Wildman–Crippen LogP) is 3.58. The lowest BCUT2D eigenvalue weighted by Crippen LogP contribution is -2.17. The number of alkyl halides is 3. The van der Waals surface area contributed by atoms with Crippen LogP contribution in [0.2, 0.25) is 0 Å². The highest BCUT2D eigenvalue weighted by Crippen LogP contribution is 2.31. The molecule has 2 nitrogen and oxygen atoms in total. The van der Waals surface area contributed by atoms with Gasteiger partial charge in [0.1, 0.15) is 0 Å². The van der Waals surface area contributed by atoms with Crippen molar-refractivity contribution < 1.29 is 13.2 Å².